The molecule has 4 nitrogen and oxygen atoms in total. The van der Waals surface area contributed by atoms with Crippen molar-refractivity contribution in [3.05, 3.63) is 35.0 Å². The van der Waals surface area contributed by atoms with Gasteiger partial charge in [-0.05, 0) is 31.9 Å². The van der Waals surface area contributed by atoms with Gasteiger partial charge in [0.25, 0.3) is 5.91 Å². The second-order valence-corrected chi connectivity index (χ2v) is 6.46. The van der Waals surface area contributed by atoms with Gasteiger partial charge in [-0.1, -0.05) is 25.3 Å². The molecule has 1 saturated carbocycles. The van der Waals surface area contributed by atoms with Crippen LogP contribution in [0, 0.1) is 6.92 Å². The minimum absolute atomic E-state index is 0.0130. The fourth-order valence-electron chi connectivity index (χ4n) is 2.70. The number of carbonyl (C=O) groups is 1. The summed E-state index contributed by atoms with van der Waals surface area (Å²) in [4.78, 5) is 21.9. The lowest BCUT2D eigenvalue weighted by molar-refractivity contribution is 0.0931. The van der Waals surface area contributed by atoms with E-state index in [1.807, 2.05) is 25.1 Å². The van der Waals surface area contributed by atoms with Crippen LogP contribution in [0.5, 0.6) is 0 Å². The number of nitrogens with zero attached hydrogens (tertiary/aromatic N) is 2. The van der Waals surface area contributed by atoms with E-state index in [2.05, 4.69) is 15.3 Å². The Morgan fingerprint density at radius 1 is 1.29 bits per heavy atom. The van der Waals surface area contributed by atoms with E-state index >= 15 is 0 Å². The normalized spacial score (nSPS) is 15.9. The van der Waals surface area contributed by atoms with Crippen LogP contribution in [-0.2, 0) is 0 Å². The molecule has 0 saturated heterocycles. The molecule has 1 fully saturated rings. The molecule has 2 heterocycles. The molecule has 0 unspecified atom stereocenters. The second-order valence-electron chi connectivity index (χ2n) is 5.46. The zero-order valence-corrected chi connectivity index (χ0v) is 12.9. The third-order valence-electron chi connectivity index (χ3n) is 3.83. The predicted octanol–water partition coefficient (Wildman–Crippen LogP) is 3.58. The zero-order valence-electron chi connectivity index (χ0n) is 12.1. The molecule has 1 N–H and O–H groups in total. The first-order valence-corrected chi connectivity index (χ1v) is 8.25. The van der Waals surface area contributed by atoms with Gasteiger partial charge in [0.2, 0.25) is 0 Å². The summed E-state index contributed by atoms with van der Waals surface area (Å²) < 4.78 is 0. The third-order valence-corrected chi connectivity index (χ3v) is 5.01. The van der Waals surface area contributed by atoms with Gasteiger partial charge in [-0.2, -0.15) is 0 Å². The van der Waals surface area contributed by atoms with Crippen molar-refractivity contribution < 1.29 is 4.79 Å². The molecular weight excluding hydrogens is 282 g/mol. The molecule has 21 heavy (non-hydrogen) atoms. The fourth-order valence-corrected chi connectivity index (χ4v) is 3.65. The molecule has 2 aromatic heterocycles. The van der Waals surface area contributed by atoms with Crippen LogP contribution in [0.2, 0.25) is 0 Å². The third kappa shape index (κ3) is 3.29. The number of nitrogens with one attached hydrogen (secondary N) is 1. The van der Waals surface area contributed by atoms with Gasteiger partial charge in [0, 0.05) is 12.2 Å². The Hall–Kier alpha value is -1.75. The summed E-state index contributed by atoms with van der Waals surface area (Å²) in [5.41, 5.74) is 1.61. The van der Waals surface area contributed by atoms with Gasteiger partial charge >= 0.3 is 0 Å². The Labute approximate surface area is 128 Å². The first kappa shape index (κ1) is 14.2. The number of aromatic nitrogens is 2. The van der Waals surface area contributed by atoms with E-state index in [1.165, 1.54) is 30.6 Å². The van der Waals surface area contributed by atoms with E-state index in [0.717, 1.165) is 29.2 Å². The van der Waals surface area contributed by atoms with Gasteiger partial charge in [-0.25, -0.2) is 4.98 Å². The number of aryl methyl sites for hydroxylation is 1. The van der Waals surface area contributed by atoms with Gasteiger partial charge in [-0.15, -0.1) is 11.3 Å². The lowest BCUT2D eigenvalue weighted by Crippen LogP contribution is -2.36. The van der Waals surface area contributed by atoms with Crippen LogP contribution in [0.4, 0.5) is 0 Å². The van der Waals surface area contributed by atoms with Gasteiger partial charge < -0.3 is 5.32 Å². The highest BCUT2D eigenvalue weighted by Crippen LogP contribution is 2.27. The molecule has 1 aliphatic rings. The van der Waals surface area contributed by atoms with Gasteiger partial charge in [0.1, 0.15) is 9.88 Å². The zero-order chi connectivity index (χ0) is 14.7. The second kappa shape index (κ2) is 6.35. The topological polar surface area (TPSA) is 54.9 Å². The van der Waals surface area contributed by atoms with Crippen LogP contribution in [0.3, 0.4) is 0 Å². The van der Waals surface area contributed by atoms with Crippen molar-refractivity contribution in [3.8, 4) is 10.7 Å². The summed E-state index contributed by atoms with van der Waals surface area (Å²) in [5.74, 6) is 0.0130. The van der Waals surface area contributed by atoms with Crippen molar-refractivity contribution in [1.29, 1.82) is 0 Å². The quantitative estimate of drug-likeness (QED) is 0.942. The van der Waals surface area contributed by atoms with E-state index < -0.39 is 0 Å². The number of hydrogen-bond donors (Lipinski definition) is 1. The van der Waals surface area contributed by atoms with E-state index in [9.17, 15) is 4.79 Å². The Bertz CT molecular complexity index is 618. The van der Waals surface area contributed by atoms with E-state index in [4.69, 9.17) is 0 Å². The number of rotatable bonds is 3. The Balaban J connectivity index is 1.76. The van der Waals surface area contributed by atoms with Crippen molar-refractivity contribution in [2.24, 2.45) is 0 Å². The average Bonchev–Trinajstić information content (AvgIpc) is 2.91. The van der Waals surface area contributed by atoms with Gasteiger partial charge in [-0.3, -0.25) is 9.78 Å². The van der Waals surface area contributed by atoms with E-state index in [1.54, 1.807) is 6.20 Å². The SMILES string of the molecule is Cc1nc(-c2ccccn2)sc1C(=O)NC1CCCCC1. The highest BCUT2D eigenvalue weighted by atomic mass is 32.1. The summed E-state index contributed by atoms with van der Waals surface area (Å²) in [6, 6.07) is 6.05. The van der Waals surface area contributed by atoms with Crippen molar-refractivity contribution >= 4 is 17.2 Å². The number of hydrogen-bond acceptors (Lipinski definition) is 4. The number of thiazole rings is 1. The lowest BCUT2D eigenvalue weighted by atomic mass is 9.95. The minimum Gasteiger partial charge on any atom is -0.349 e. The Morgan fingerprint density at radius 3 is 2.81 bits per heavy atom. The molecule has 0 atom stereocenters. The van der Waals surface area contributed by atoms with Crippen LogP contribution in [0.25, 0.3) is 10.7 Å². The number of carbonyl (C=O) groups excluding carboxylic acids is 1. The molecule has 0 radical (unpaired) electrons. The summed E-state index contributed by atoms with van der Waals surface area (Å²) >= 11 is 1.42. The van der Waals surface area contributed by atoms with Crippen molar-refractivity contribution in [2.75, 3.05) is 0 Å². The molecule has 0 aliphatic heterocycles. The predicted molar refractivity (Wildman–Crippen MR) is 84.4 cm³/mol. The summed E-state index contributed by atoms with van der Waals surface area (Å²) in [7, 11) is 0. The molecule has 0 aromatic carbocycles. The van der Waals surface area contributed by atoms with E-state index in [-0.39, 0.29) is 5.91 Å². The lowest BCUT2D eigenvalue weighted by Gasteiger charge is -2.22. The highest BCUT2D eigenvalue weighted by molar-refractivity contribution is 7.17. The highest BCUT2D eigenvalue weighted by Gasteiger charge is 2.21. The molecule has 0 bridgehead atoms. The first-order valence-electron chi connectivity index (χ1n) is 7.44. The van der Waals surface area contributed by atoms with Crippen LogP contribution in [-0.4, -0.2) is 21.9 Å². The molecule has 5 heteroatoms. The maximum Gasteiger partial charge on any atom is 0.263 e. The molecule has 0 spiro atoms. The van der Waals surface area contributed by atoms with Crippen LogP contribution < -0.4 is 5.32 Å². The van der Waals surface area contributed by atoms with Crippen LogP contribution in [0.1, 0.15) is 47.5 Å². The standard InChI is InChI=1S/C16H19N3OS/c1-11-14(15(20)19-12-7-3-2-4-8-12)21-16(18-11)13-9-5-6-10-17-13/h5-6,9-10,12H,2-4,7-8H2,1H3,(H,19,20). The molecule has 3 rings (SSSR count). The molecule has 1 aliphatic carbocycles. The van der Waals surface area contributed by atoms with E-state index in [0.29, 0.717) is 10.9 Å². The summed E-state index contributed by atoms with van der Waals surface area (Å²) in [5, 5.41) is 3.96. The largest absolute Gasteiger partial charge is 0.349 e. The molecule has 110 valence electrons. The van der Waals surface area contributed by atoms with Crippen molar-refractivity contribution in [3.63, 3.8) is 0 Å². The molecular formula is C16H19N3OS. The fraction of sp³-hybridized carbons (Fsp3) is 0.438. The Morgan fingerprint density at radius 2 is 2.10 bits per heavy atom. The van der Waals surface area contributed by atoms with Gasteiger partial charge in [0.05, 0.1) is 11.4 Å². The van der Waals surface area contributed by atoms with Gasteiger partial charge in [0.15, 0.2) is 0 Å². The maximum absolute atomic E-state index is 12.4. The van der Waals surface area contributed by atoms with Crippen molar-refractivity contribution in [2.45, 2.75) is 45.1 Å². The number of pyridine rings is 1. The monoisotopic (exact) mass is 301 g/mol. The maximum atomic E-state index is 12.4. The summed E-state index contributed by atoms with van der Waals surface area (Å²) in [6.07, 6.45) is 7.65. The molecule has 1 amide bonds. The number of amides is 1. The Kier molecular flexibility index (Phi) is 4.29. The van der Waals surface area contributed by atoms with Crippen LogP contribution >= 0.6 is 11.3 Å². The smallest absolute Gasteiger partial charge is 0.263 e. The van der Waals surface area contributed by atoms with Crippen molar-refractivity contribution in [1.82, 2.24) is 15.3 Å². The van der Waals surface area contributed by atoms with Crippen LogP contribution in [0.15, 0.2) is 24.4 Å². The summed E-state index contributed by atoms with van der Waals surface area (Å²) in [6.45, 7) is 1.89. The molecule has 2 aromatic rings. The minimum atomic E-state index is 0.0130. The first-order chi connectivity index (χ1) is 10.2. The average molecular weight is 301 g/mol.